The third-order valence-electron chi connectivity index (χ3n) is 7.92. The number of benzene rings is 1. The minimum absolute atomic E-state index is 0.0198. The summed E-state index contributed by atoms with van der Waals surface area (Å²) in [6.07, 6.45) is 5.03. The number of carbonyl (C=O) groups is 2. The van der Waals surface area contributed by atoms with E-state index in [2.05, 4.69) is 10.6 Å². The molecule has 0 saturated heterocycles. The highest BCUT2D eigenvalue weighted by molar-refractivity contribution is 6.30. The topological polar surface area (TPSA) is 90.9 Å². The van der Waals surface area contributed by atoms with Crippen molar-refractivity contribution in [2.24, 2.45) is 17.8 Å². The van der Waals surface area contributed by atoms with E-state index in [1.54, 1.807) is 26.0 Å². The highest BCUT2D eigenvalue weighted by Gasteiger charge is 2.56. The molecule has 4 bridgehead atoms. The van der Waals surface area contributed by atoms with Crippen molar-refractivity contribution < 1.29 is 19.4 Å². The average Bonchev–Trinajstić information content (AvgIpc) is 2.71. The van der Waals surface area contributed by atoms with E-state index in [0.717, 1.165) is 37.7 Å². The van der Waals surface area contributed by atoms with Gasteiger partial charge >= 0.3 is 0 Å². The molecule has 4 saturated carbocycles. The number of aliphatic hydroxyl groups is 1. The maximum atomic E-state index is 13.3. The quantitative estimate of drug-likeness (QED) is 0.494. The number of hydrogen-bond donors (Lipinski definition) is 3. The van der Waals surface area contributed by atoms with Gasteiger partial charge in [-0.1, -0.05) is 11.6 Å². The summed E-state index contributed by atoms with van der Waals surface area (Å²) in [6, 6.07) is 5.52. The number of hydrogen-bond acceptors (Lipinski definition) is 5. The van der Waals surface area contributed by atoms with Gasteiger partial charge in [0.1, 0.15) is 5.75 Å². The van der Waals surface area contributed by atoms with Crippen LogP contribution in [0.5, 0.6) is 5.75 Å². The second-order valence-corrected chi connectivity index (χ2v) is 11.7. The minimum atomic E-state index is -1.02. The maximum absolute atomic E-state index is 13.3. The molecule has 8 heteroatoms. The van der Waals surface area contributed by atoms with E-state index >= 15 is 0 Å². The van der Waals surface area contributed by atoms with Crippen molar-refractivity contribution in [2.45, 2.75) is 70.1 Å². The van der Waals surface area contributed by atoms with Gasteiger partial charge in [0.05, 0.1) is 13.2 Å². The largest absolute Gasteiger partial charge is 0.478 e. The summed E-state index contributed by atoms with van der Waals surface area (Å²) in [6.45, 7) is 6.34. The summed E-state index contributed by atoms with van der Waals surface area (Å²) in [5, 5.41) is 16.4. The van der Waals surface area contributed by atoms with Crippen molar-refractivity contribution in [1.82, 2.24) is 15.5 Å². The number of likely N-dealkylation sites (N-methyl/N-ethyl adjacent to an activating group) is 1. The maximum Gasteiger partial charge on any atom is 0.263 e. The first-order valence-corrected chi connectivity index (χ1v) is 12.7. The molecule has 4 aliphatic carbocycles. The van der Waals surface area contributed by atoms with Crippen LogP contribution < -0.4 is 15.4 Å². The predicted octanol–water partition coefficient (Wildman–Crippen LogP) is 2.91. The Morgan fingerprint density at radius 1 is 1.24 bits per heavy atom. The first-order chi connectivity index (χ1) is 16.0. The Kier molecular flexibility index (Phi) is 7.19. The summed E-state index contributed by atoms with van der Waals surface area (Å²) in [5.41, 5.74) is -0.289. The third-order valence-corrected chi connectivity index (χ3v) is 8.15. The van der Waals surface area contributed by atoms with E-state index in [4.69, 9.17) is 21.4 Å². The highest BCUT2D eigenvalue weighted by atomic mass is 35.5. The molecule has 5 atom stereocenters. The lowest BCUT2D eigenvalue weighted by atomic mass is 9.51. The summed E-state index contributed by atoms with van der Waals surface area (Å²) in [4.78, 5) is 27.9. The van der Waals surface area contributed by atoms with Crippen LogP contribution >= 0.6 is 11.6 Å². The number of halogens is 1. The molecule has 7 nitrogen and oxygen atoms in total. The zero-order valence-corrected chi connectivity index (χ0v) is 21.5. The summed E-state index contributed by atoms with van der Waals surface area (Å²) >= 11 is 6.06. The van der Waals surface area contributed by atoms with Crippen molar-refractivity contribution in [3.05, 3.63) is 28.8 Å². The molecule has 188 valence electrons. The van der Waals surface area contributed by atoms with Crippen molar-refractivity contribution >= 4 is 23.4 Å². The molecule has 4 aliphatic rings. The number of carbonyl (C=O) groups excluding carboxylic acids is 2. The average molecular weight is 492 g/mol. The van der Waals surface area contributed by atoms with Crippen LogP contribution in [0.25, 0.3) is 0 Å². The van der Waals surface area contributed by atoms with Gasteiger partial charge < -0.3 is 20.5 Å². The Balaban J connectivity index is 1.39. The van der Waals surface area contributed by atoms with Crippen molar-refractivity contribution in [3.63, 3.8) is 0 Å². The Morgan fingerprint density at radius 3 is 2.53 bits per heavy atom. The lowest BCUT2D eigenvalue weighted by Crippen LogP contribution is -2.68. The molecule has 2 amide bonds. The van der Waals surface area contributed by atoms with Crippen LogP contribution in [0.4, 0.5) is 0 Å². The van der Waals surface area contributed by atoms with Crippen LogP contribution in [0.3, 0.4) is 0 Å². The molecule has 5 rings (SSSR count). The van der Waals surface area contributed by atoms with Crippen LogP contribution in [-0.2, 0) is 9.59 Å². The number of aliphatic hydroxyl groups excluding tert-OH is 1. The first kappa shape index (κ1) is 25.3. The number of aryl methyl sites for hydroxylation is 1. The molecule has 1 aromatic carbocycles. The Hall–Kier alpha value is -1.83. The van der Waals surface area contributed by atoms with Crippen molar-refractivity contribution in [1.29, 1.82) is 0 Å². The van der Waals surface area contributed by atoms with Crippen LogP contribution in [0.15, 0.2) is 18.2 Å². The molecule has 3 N–H and O–H groups in total. The zero-order valence-electron chi connectivity index (χ0n) is 20.7. The molecular formula is C26H38ClN3O4. The monoisotopic (exact) mass is 491 g/mol. The molecule has 0 radical (unpaired) electrons. The molecule has 1 aromatic rings. The third kappa shape index (κ3) is 5.37. The Morgan fingerprint density at radius 2 is 1.91 bits per heavy atom. The smallest absolute Gasteiger partial charge is 0.263 e. The van der Waals surface area contributed by atoms with E-state index < -0.39 is 5.60 Å². The summed E-state index contributed by atoms with van der Waals surface area (Å²) in [7, 11) is 1.84. The fourth-order valence-electron chi connectivity index (χ4n) is 6.62. The Bertz CT molecular complexity index is 921. The molecule has 4 fully saturated rings. The lowest BCUT2D eigenvalue weighted by Gasteiger charge is -2.60. The molecule has 0 spiro atoms. The highest BCUT2D eigenvalue weighted by Crippen LogP contribution is 2.55. The lowest BCUT2D eigenvalue weighted by molar-refractivity contribution is -0.140. The molecule has 1 unspecified atom stereocenters. The number of amides is 2. The molecule has 0 aromatic heterocycles. The van der Waals surface area contributed by atoms with Gasteiger partial charge in [-0.15, -0.1) is 0 Å². The van der Waals surface area contributed by atoms with Crippen LogP contribution in [0, 0.1) is 24.7 Å². The predicted molar refractivity (Wildman–Crippen MR) is 132 cm³/mol. The van der Waals surface area contributed by atoms with E-state index in [1.807, 2.05) is 24.9 Å². The first-order valence-electron chi connectivity index (χ1n) is 12.4. The number of nitrogens with zero attached hydrogens (tertiary/aromatic N) is 1. The van der Waals surface area contributed by atoms with Gasteiger partial charge in [-0.25, -0.2) is 0 Å². The summed E-state index contributed by atoms with van der Waals surface area (Å²) < 4.78 is 6.12. The van der Waals surface area contributed by atoms with Gasteiger partial charge in [0.2, 0.25) is 5.91 Å². The Labute approximate surface area is 207 Å². The fraction of sp³-hybridized carbons (Fsp3) is 0.692. The van der Waals surface area contributed by atoms with Crippen LogP contribution in [0.1, 0.15) is 51.5 Å². The molecule has 0 heterocycles. The molecular weight excluding hydrogens is 454 g/mol. The second-order valence-electron chi connectivity index (χ2n) is 11.3. The minimum Gasteiger partial charge on any atom is -0.478 e. The van der Waals surface area contributed by atoms with Gasteiger partial charge in [-0.2, -0.15) is 0 Å². The van der Waals surface area contributed by atoms with E-state index in [0.29, 0.717) is 35.1 Å². The normalized spacial score (nSPS) is 29.9. The van der Waals surface area contributed by atoms with Gasteiger partial charge in [0.15, 0.2) is 5.60 Å². The van der Waals surface area contributed by atoms with Crippen molar-refractivity contribution in [3.8, 4) is 5.75 Å². The van der Waals surface area contributed by atoms with Crippen LogP contribution in [-0.4, -0.2) is 65.7 Å². The zero-order chi connectivity index (χ0) is 24.7. The van der Waals surface area contributed by atoms with Crippen molar-refractivity contribution in [2.75, 3.05) is 26.7 Å². The van der Waals surface area contributed by atoms with E-state index in [1.165, 1.54) is 0 Å². The van der Waals surface area contributed by atoms with Gasteiger partial charge in [-0.05, 0) is 101 Å². The molecule has 0 aliphatic heterocycles. The molecule has 34 heavy (non-hydrogen) atoms. The van der Waals surface area contributed by atoms with Crippen LogP contribution in [0.2, 0.25) is 5.02 Å². The van der Waals surface area contributed by atoms with Gasteiger partial charge in [0.25, 0.3) is 5.91 Å². The van der Waals surface area contributed by atoms with Gasteiger partial charge in [0, 0.05) is 23.1 Å². The number of ether oxygens (including phenoxy) is 1. The number of rotatable bonds is 9. The van der Waals surface area contributed by atoms with E-state index in [9.17, 15) is 9.59 Å². The summed E-state index contributed by atoms with van der Waals surface area (Å²) in [5.74, 6) is 1.89. The second kappa shape index (κ2) is 9.67. The fourth-order valence-corrected chi connectivity index (χ4v) is 6.84. The van der Waals surface area contributed by atoms with E-state index in [-0.39, 0.29) is 36.5 Å². The van der Waals surface area contributed by atoms with Gasteiger partial charge in [-0.3, -0.25) is 14.5 Å². The SMILES string of the molecule is Cc1cc(Cl)ccc1OC(C)(C)C(=O)N[C@H]1[C@@H]2CC3C[C@H]1C[C@](NC(=O)CN(C)CCO)(C3)C2. The number of nitrogens with one attached hydrogen (secondary N) is 2. The standard InChI is InChI=1S/C26H38ClN3O4/c1-16-9-20(27)5-6-21(16)34-25(2,3)24(33)28-23-18-10-17-11-19(23)14-26(12-17,13-18)29-22(32)15-30(4)7-8-31/h5-6,9,17-19,23,31H,7-8,10-15H2,1-4H3,(H,28,33)(H,29,32)/t17?,18-,19+,23+,26+.